The lowest BCUT2D eigenvalue weighted by molar-refractivity contribution is -0.137. The number of carbonyl (C=O) groups excluding carboxylic acids is 3. The number of amides is 3. The van der Waals surface area contributed by atoms with Crippen LogP contribution in [0.2, 0.25) is 0 Å². The summed E-state index contributed by atoms with van der Waals surface area (Å²) in [5, 5.41) is 2.08. The summed E-state index contributed by atoms with van der Waals surface area (Å²) in [6, 6.07) is 7.32. The Morgan fingerprint density at radius 3 is 2.45 bits per heavy atom. The second kappa shape index (κ2) is 13.9. The van der Waals surface area contributed by atoms with Gasteiger partial charge in [0.1, 0.15) is 11.6 Å². The molecule has 0 spiro atoms. The molecule has 216 valence electrons. The molecule has 2 atom stereocenters. The third-order valence-corrected chi connectivity index (χ3v) is 7.76. The zero-order valence-corrected chi connectivity index (χ0v) is 22.6. The predicted octanol–water partition coefficient (Wildman–Crippen LogP) is 1.82. The van der Waals surface area contributed by atoms with Crippen molar-refractivity contribution in [3.8, 4) is 5.75 Å². The van der Waals surface area contributed by atoms with E-state index in [0.29, 0.717) is 50.4 Å². The molecule has 2 fully saturated rings. The van der Waals surface area contributed by atoms with Gasteiger partial charge >= 0.3 is 0 Å². The van der Waals surface area contributed by atoms with E-state index in [1.165, 1.54) is 16.7 Å². The molecule has 4 rings (SSSR count). The molecule has 40 heavy (non-hydrogen) atoms. The minimum Gasteiger partial charge on any atom is -0.484 e. The Kier molecular flexibility index (Phi) is 10.3. The molecular formula is C27H31F3N4O5S. The van der Waals surface area contributed by atoms with Gasteiger partial charge in [-0.2, -0.15) is 0 Å². The average Bonchev–Trinajstić information content (AvgIpc) is 3.45. The Labute approximate surface area is 234 Å². The van der Waals surface area contributed by atoms with Crippen molar-refractivity contribution >= 4 is 29.5 Å². The van der Waals surface area contributed by atoms with E-state index in [1.54, 1.807) is 29.2 Å². The number of ether oxygens (including phenoxy) is 2. The zero-order valence-electron chi connectivity index (χ0n) is 21.7. The van der Waals surface area contributed by atoms with Crippen molar-refractivity contribution in [3.05, 3.63) is 65.0 Å². The SMILES string of the molecule is NC(CC(=O)N1CCSC1C(=O)NCc1ccc(OCC(=O)N2CCOCC2)cc1)Cc1cc(F)c(F)cc1F. The maximum Gasteiger partial charge on any atom is 0.260 e. The van der Waals surface area contributed by atoms with E-state index >= 15 is 0 Å². The summed E-state index contributed by atoms with van der Waals surface area (Å²) in [4.78, 5) is 41.1. The normalized spacial score (nSPS) is 17.9. The highest BCUT2D eigenvalue weighted by Gasteiger charge is 2.35. The van der Waals surface area contributed by atoms with Crippen LogP contribution in [0.1, 0.15) is 17.5 Å². The van der Waals surface area contributed by atoms with Gasteiger partial charge in [-0.1, -0.05) is 12.1 Å². The van der Waals surface area contributed by atoms with Crippen LogP contribution in [0.15, 0.2) is 36.4 Å². The van der Waals surface area contributed by atoms with Gasteiger partial charge in [0.05, 0.1) is 13.2 Å². The minimum atomic E-state index is -1.30. The molecule has 2 aliphatic rings. The number of nitrogens with one attached hydrogen (secondary N) is 1. The van der Waals surface area contributed by atoms with Gasteiger partial charge in [0.25, 0.3) is 11.8 Å². The van der Waals surface area contributed by atoms with Crippen molar-refractivity contribution in [2.45, 2.75) is 30.8 Å². The molecule has 0 aromatic heterocycles. The number of morpholine rings is 1. The van der Waals surface area contributed by atoms with Gasteiger partial charge in [0.2, 0.25) is 5.91 Å². The number of nitrogens with two attached hydrogens (primary N) is 1. The highest BCUT2D eigenvalue weighted by molar-refractivity contribution is 8.00. The Morgan fingerprint density at radius 2 is 1.73 bits per heavy atom. The molecule has 3 N–H and O–H groups in total. The number of halogens is 3. The highest BCUT2D eigenvalue weighted by Crippen LogP contribution is 2.25. The minimum absolute atomic E-state index is 0.0712. The molecule has 0 saturated carbocycles. The molecule has 0 radical (unpaired) electrons. The maximum absolute atomic E-state index is 13.9. The van der Waals surface area contributed by atoms with Crippen LogP contribution in [0, 0.1) is 17.5 Å². The number of carbonyl (C=O) groups is 3. The number of thioether (sulfide) groups is 1. The van der Waals surface area contributed by atoms with E-state index in [2.05, 4.69) is 5.32 Å². The Morgan fingerprint density at radius 1 is 1.02 bits per heavy atom. The van der Waals surface area contributed by atoms with Gasteiger partial charge in [0, 0.05) is 50.5 Å². The summed E-state index contributed by atoms with van der Waals surface area (Å²) in [6.45, 7) is 2.64. The first-order valence-electron chi connectivity index (χ1n) is 12.9. The van der Waals surface area contributed by atoms with E-state index in [9.17, 15) is 27.6 Å². The predicted molar refractivity (Wildman–Crippen MR) is 142 cm³/mol. The first-order chi connectivity index (χ1) is 19.2. The van der Waals surface area contributed by atoms with Crippen LogP contribution < -0.4 is 15.8 Å². The van der Waals surface area contributed by atoms with E-state index in [0.717, 1.165) is 11.6 Å². The molecule has 9 nitrogen and oxygen atoms in total. The molecular weight excluding hydrogens is 549 g/mol. The first kappa shape index (κ1) is 29.7. The van der Waals surface area contributed by atoms with Crippen LogP contribution in [0.3, 0.4) is 0 Å². The topological polar surface area (TPSA) is 114 Å². The third-order valence-electron chi connectivity index (χ3n) is 6.56. The van der Waals surface area contributed by atoms with Gasteiger partial charge < -0.3 is 30.3 Å². The molecule has 2 heterocycles. The molecule has 2 saturated heterocycles. The summed E-state index contributed by atoms with van der Waals surface area (Å²) in [5.74, 6) is -3.16. The second-order valence-electron chi connectivity index (χ2n) is 9.48. The fourth-order valence-corrected chi connectivity index (χ4v) is 5.55. The van der Waals surface area contributed by atoms with Crippen molar-refractivity contribution < 1.29 is 37.0 Å². The lowest BCUT2D eigenvalue weighted by Crippen LogP contribution is -2.46. The molecule has 3 amide bonds. The van der Waals surface area contributed by atoms with Crippen molar-refractivity contribution in [1.29, 1.82) is 0 Å². The monoisotopic (exact) mass is 580 g/mol. The Bertz CT molecular complexity index is 1210. The van der Waals surface area contributed by atoms with Gasteiger partial charge in [0.15, 0.2) is 23.6 Å². The third kappa shape index (κ3) is 7.89. The lowest BCUT2D eigenvalue weighted by Gasteiger charge is -2.26. The van der Waals surface area contributed by atoms with Crippen LogP contribution >= 0.6 is 11.8 Å². The van der Waals surface area contributed by atoms with E-state index in [1.807, 2.05) is 0 Å². The van der Waals surface area contributed by atoms with Crippen LogP contribution in [-0.4, -0.2) is 84.1 Å². The number of nitrogens with zero attached hydrogens (tertiary/aromatic N) is 2. The average molecular weight is 581 g/mol. The summed E-state index contributed by atoms with van der Waals surface area (Å²) in [6.07, 6.45) is -0.341. The molecule has 2 aromatic rings. The molecule has 2 aliphatic heterocycles. The van der Waals surface area contributed by atoms with Gasteiger partial charge in [-0.3, -0.25) is 14.4 Å². The van der Waals surface area contributed by atoms with E-state index < -0.39 is 28.9 Å². The molecule has 13 heteroatoms. The molecule has 2 aromatic carbocycles. The van der Waals surface area contributed by atoms with Gasteiger partial charge in [-0.05, 0) is 35.7 Å². The number of benzene rings is 2. The van der Waals surface area contributed by atoms with Crippen LogP contribution in [0.25, 0.3) is 0 Å². The van der Waals surface area contributed by atoms with Crippen LogP contribution in [0.5, 0.6) is 5.75 Å². The van der Waals surface area contributed by atoms with Crippen molar-refractivity contribution in [3.63, 3.8) is 0 Å². The summed E-state index contributed by atoms with van der Waals surface area (Å²) < 4.78 is 51.4. The fraction of sp³-hybridized carbons (Fsp3) is 0.444. The summed E-state index contributed by atoms with van der Waals surface area (Å²) >= 11 is 1.32. The number of rotatable bonds is 10. The smallest absolute Gasteiger partial charge is 0.260 e. The van der Waals surface area contributed by atoms with E-state index in [4.69, 9.17) is 15.2 Å². The Balaban J connectivity index is 1.23. The zero-order chi connectivity index (χ0) is 28.6. The first-order valence-corrected chi connectivity index (χ1v) is 13.9. The van der Waals surface area contributed by atoms with Gasteiger partial charge in [-0.15, -0.1) is 11.8 Å². The standard InChI is InChI=1S/C27H31F3N4O5S/c28-21-14-23(30)22(29)12-18(21)11-19(31)13-24(35)34-7-10-40-27(34)26(37)32-15-17-1-3-20(4-2-17)39-16-25(36)33-5-8-38-9-6-33/h1-4,12,14,19,27H,5-11,13,15-16,31H2,(H,32,37). The summed E-state index contributed by atoms with van der Waals surface area (Å²) in [7, 11) is 0. The summed E-state index contributed by atoms with van der Waals surface area (Å²) in [5.41, 5.74) is 6.68. The molecule has 0 aliphatic carbocycles. The lowest BCUT2D eigenvalue weighted by atomic mass is 10.0. The molecule has 0 bridgehead atoms. The number of hydrogen-bond acceptors (Lipinski definition) is 7. The van der Waals surface area contributed by atoms with Crippen molar-refractivity contribution in [2.75, 3.05) is 45.2 Å². The highest BCUT2D eigenvalue weighted by atomic mass is 32.2. The largest absolute Gasteiger partial charge is 0.484 e. The number of hydrogen-bond donors (Lipinski definition) is 2. The van der Waals surface area contributed by atoms with E-state index in [-0.39, 0.29) is 49.3 Å². The maximum atomic E-state index is 13.9. The van der Waals surface area contributed by atoms with Crippen LogP contribution in [-0.2, 0) is 32.1 Å². The Hall–Kier alpha value is -3.29. The molecule has 2 unspecified atom stereocenters. The van der Waals surface area contributed by atoms with Crippen molar-refractivity contribution in [1.82, 2.24) is 15.1 Å². The van der Waals surface area contributed by atoms with Crippen molar-refractivity contribution in [2.24, 2.45) is 5.73 Å². The quantitative estimate of drug-likeness (QED) is 0.412. The second-order valence-corrected chi connectivity index (χ2v) is 10.7. The van der Waals surface area contributed by atoms with Crippen LogP contribution in [0.4, 0.5) is 13.2 Å². The fourth-order valence-electron chi connectivity index (χ4n) is 4.39. The van der Waals surface area contributed by atoms with Gasteiger partial charge in [-0.25, -0.2) is 13.2 Å².